The second-order valence-corrected chi connectivity index (χ2v) is 8.84. The lowest BCUT2D eigenvalue weighted by Crippen LogP contribution is -2.14. The molecule has 2 aromatic heterocycles. The van der Waals surface area contributed by atoms with Crippen molar-refractivity contribution in [3.05, 3.63) is 46.4 Å². The summed E-state index contributed by atoms with van der Waals surface area (Å²) >= 11 is 6.92. The van der Waals surface area contributed by atoms with Crippen LogP contribution in [0.5, 0.6) is 0 Å². The molecule has 11 heteroatoms. The third-order valence-corrected chi connectivity index (χ3v) is 5.97. The molecule has 0 aliphatic rings. The van der Waals surface area contributed by atoms with Crippen LogP contribution < -0.4 is 5.14 Å². The summed E-state index contributed by atoms with van der Waals surface area (Å²) in [4.78, 5) is 0.176. The number of benzene rings is 1. The fraction of sp³-hybridized carbons (Fsp3) is 0.188. The molecule has 0 saturated heterocycles. The lowest BCUT2D eigenvalue weighted by atomic mass is 10.0. The molecule has 27 heavy (non-hydrogen) atoms. The van der Waals surface area contributed by atoms with Crippen LogP contribution in [0.1, 0.15) is 12.6 Å². The van der Waals surface area contributed by atoms with Crippen LogP contribution in [-0.4, -0.2) is 18.2 Å². The van der Waals surface area contributed by atoms with Gasteiger partial charge in [-0.2, -0.15) is 18.3 Å². The van der Waals surface area contributed by atoms with E-state index in [0.717, 1.165) is 16.0 Å². The molecule has 0 saturated carbocycles. The Morgan fingerprint density at radius 3 is 2.26 bits per heavy atom. The molecule has 0 unspecified atom stereocenters. The molecule has 0 amide bonds. The van der Waals surface area contributed by atoms with Crippen LogP contribution in [0.2, 0.25) is 4.34 Å². The Morgan fingerprint density at radius 2 is 1.81 bits per heavy atom. The maximum atomic E-state index is 13.8. The smallest absolute Gasteiger partial charge is 0.259 e. The average Bonchev–Trinajstić information content (AvgIpc) is 3.17. The molecule has 0 bridgehead atoms. The number of primary sulfonamides is 1. The molecule has 1 aromatic carbocycles. The number of aryl methyl sites for hydroxylation is 1. The van der Waals surface area contributed by atoms with Gasteiger partial charge in [0.25, 0.3) is 0 Å². The molecule has 2 heterocycles. The van der Waals surface area contributed by atoms with E-state index >= 15 is 0 Å². The van der Waals surface area contributed by atoms with Gasteiger partial charge in [0.15, 0.2) is 5.69 Å². The van der Waals surface area contributed by atoms with Crippen LogP contribution in [0.4, 0.5) is 13.2 Å². The van der Waals surface area contributed by atoms with Gasteiger partial charge in [0.1, 0.15) is 5.69 Å². The van der Waals surface area contributed by atoms with Crippen molar-refractivity contribution in [2.75, 3.05) is 0 Å². The first kappa shape index (κ1) is 19.9. The number of alkyl halides is 3. The summed E-state index contributed by atoms with van der Waals surface area (Å²) in [6.45, 7) is 1.57. The van der Waals surface area contributed by atoms with Crippen molar-refractivity contribution < 1.29 is 21.6 Å². The number of halogens is 4. The van der Waals surface area contributed by atoms with Gasteiger partial charge in [0.05, 0.1) is 14.8 Å². The lowest BCUT2D eigenvalue weighted by molar-refractivity contribution is -0.143. The number of thiophene rings is 1. The number of rotatable bonds is 4. The van der Waals surface area contributed by atoms with E-state index in [0.29, 0.717) is 14.8 Å². The topological polar surface area (TPSA) is 78.0 Å². The minimum atomic E-state index is -4.63. The molecular weight excluding hydrogens is 423 g/mol. The molecule has 3 rings (SSSR count). The summed E-state index contributed by atoms with van der Waals surface area (Å²) in [5.41, 5.74) is -0.554. The second-order valence-electron chi connectivity index (χ2n) is 5.56. The van der Waals surface area contributed by atoms with Gasteiger partial charge in [-0.1, -0.05) is 23.7 Å². The molecule has 0 radical (unpaired) electrons. The largest absolute Gasteiger partial charge is 0.433 e. The van der Waals surface area contributed by atoms with Gasteiger partial charge in [0, 0.05) is 17.0 Å². The number of sulfonamides is 1. The van der Waals surface area contributed by atoms with Crippen LogP contribution in [0, 0.1) is 0 Å². The van der Waals surface area contributed by atoms with Crippen molar-refractivity contribution in [1.82, 2.24) is 9.78 Å². The summed E-state index contributed by atoms with van der Waals surface area (Å²) in [6.07, 6.45) is -4.63. The van der Waals surface area contributed by atoms with E-state index in [4.69, 9.17) is 16.7 Å². The Labute approximate surface area is 162 Å². The maximum Gasteiger partial charge on any atom is 0.433 e. The highest BCUT2D eigenvalue weighted by Gasteiger charge is 2.40. The van der Waals surface area contributed by atoms with Crippen LogP contribution >= 0.6 is 22.9 Å². The normalized spacial score (nSPS) is 12.5. The van der Waals surface area contributed by atoms with E-state index in [1.165, 1.54) is 36.4 Å². The van der Waals surface area contributed by atoms with Gasteiger partial charge in [-0.15, -0.1) is 11.3 Å². The minimum absolute atomic E-state index is 0.0101. The van der Waals surface area contributed by atoms with Crippen molar-refractivity contribution in [3.63, 3.8) is 0 Å². The summed E-state index contributed by atoms with van der Waals surface area (Å²) in [6, 6.07) is 8.23. The first-order valence-electron chi connectivity index (χ1n) is 7.59. The Kier molecular flexibility index (Phi) is 5.10. The van der Waals surface area contributed by atoms with Gasteiger partial charge >= 0.3 is 6.18 Å². The highest BCUT2D eigenvalue weighted by atomic mass is 35.5. The summed E-state index contributed by atoms with van der Waals surface area (Å²) in [5, 5.41) is 9.19. The van der Waals surface area contributed by atoms with Crippen LogP contribution in [0.3, 0.4) is 0 Å². The van der Waals surface area contributed by atoms with Gasteiger partial charge in [-0.05, 0) is 31.2 Å². The van der Waals surface area contributed by atoms with Crippen molar-refractivity contribution in [1.29, 1.82) is 0 Å². The second kappa shape index (κ2) is 6.93. The Morgan fingerprint density at radius 1 is 1.19 bits per heavy atom. The molecule has 3 aromatic rings. The Balaban J connectivity index is 2.28. The number of hydrogen-bond acceptors (Lipinski definition) is 4. The van der Waals surface area contributed by atoms with Gasteiger partial charge < -0.3 is 0 Å². The predicted octanol–water partition coefficient (Wildman–Crippen LogP) is 4.62. The number of aromatic nitrogens is 2. The van der Waals surface area contributed by atoms with E-state index < -0.39 is 21.9 Å². The van der Waals surface area contributed by atoms with Crippen LogP contribution in [-0.2, 0) is 22.7 Å². The third kappa shape index (κ3) is 3.88. The number of hydrogen-bond donors (Lipinski definition) is 1. The molecule has 0 aliphatic heterocycles. The van der Waals surface area contributed by atoms with E-state index in [1.54, 1.807) is 6.92 Å². The summed E-state index contributed by atoms with van der Waals surface area (Å²) in [5.74, 6) is 0. The zero-order chi connectivity index (χ0) is 20.0. The zero-order valence-electron chi connectivity index (χ0n) is 13.8. The molecule has 144 valence electrons. The van der Waals surface area contributed by atoms with Gasteiger partial charge in [0.2, 0.25) is 10.0 Å². The van der Waals surface area contributed by atoms with E-state index in [9.17, 15) is 21.6 Å². The van der Waals surface area contributed by atoms with Crippen molar-refractivity contribution in [3.8, 4) is 21.7 Å². The Bertz CT molecular complexity index is 1090. The fourth-order valence-electron chi connectivity index (χ4n) is 2.67. The average molecular weight is 436 g/mol. The first-order chi connectivity index (χ1) is 12.5. The number of nitrogens with two attached hydrogens (primary N) is 1. The Hall–Kier alpha value is -1.88. The van der Waals surface area contributed by atoms with Crippen LogP contribution in [0.25, 0.3) is 21.7 Å². The molecule has 0 atom stereocenters. The summed E-state index contributed by atoms with van der Waals surface area (Å²) < 4.78 is 65.3. The molecule has 2 N–H and O–H groups in total. The quantitative estimate of drug-likeness (QED) is 0.649. The fourth-order valence-corrected chi connectivity index (χ4v) is 4.27. The van der Waals surface area contributed by atoms with E-state index in [-0.39, 0.29) is 22.7 Å². The van der Waals surface area contributed by atoms with Gasteiger partial charge in [-0.3, -0.25) is 4.68 Å². The molecule has 0 spiro atoms. The monoisotopic (exact) mass is 435 g/mol. The molecule has 0 aliphatic carbocycles. The van der Waals surface area contributed by atoms with Crippen molar-refractivity contribution in [2.24, 2.45) is 5.14 Å². The van der Waals surface area contributed by atoms with E-state index in [2.05, 4.69) is 5.10 Å². The van der Waals surface area contributed by atoms with Gasteiger partial charge in [-0.25, -0.2) is 13.6 Å². The lowest BCUT2D eigenvalue weighted by Gasteiger charge is -2.11. The maximum absolute atomic E-state index is 13.8. The van der Waals surface area contributed by atoms with E-state index in [1.807, 2.05) is 0 Å². The molecule has 0 fully saturated rings. The zero-order valence-corrected chi connectivity index (χ0v) is 16.2. The highest BCUT2D eigenvalue weighted by Crippen LogP contribution is 2.45. The van der Waals surface area contributed by atoms with Crippen molar-refractivity contribution in [2.45, 2.75) is 24.5 Å². The highest BCUT2D eigenvalue weighted by molar-refractivity contribution is 7.89. The predicted molar refractivity (Wildman–Crippen MR) is 98.0 cm³/mol. The summed E-state index contributed by atoms with van der Waals surface area (Å²) in [7, 11) is -3.91. The molecular formula is C16H13ClF3N3O2S2. The minimum Gasteiger partial charge on any atom is -0.259 e. The number of nitrogens with zero attached hydrogens (tertiary/aromatic N) is 2. The van der Waals surface area contributed by atoms with Crippen molar-refractivity contribution >= 4 is 33.0 Å². The first-order valence-corrected chi connectivity index (χ1v) is 10.3. The standard InChI is InChI=1S/C16H13ClF3N3O2S2/c1-2-23-15(16(18,19)20)13(11-7-8-12(17)26-11)14(22-23)9-3-5-10(6-4-9)27(21,24)25/h3-8H,2H2,1H3,(H2,21,24,25). The third-order valence-electron chi connectivity index (χ3n) is 3.80. The molecule has 5 nitrogen and oxygen atoms in total. The van der Waals surface area contributed by atoms with Crippen LogP contribution in [0.15, 0.2) is 41.3 Å². The SMILES string of the molecule is CCn1nc(-c2ccc(S(N)(=O)=O)cc2)c(-c2ccc(Cl)s2)c1C(F)(F)F.